The normalized spacial score (nSPS) is 10.8. The van der Waals surface area contributed by atoms with E-state index in [0.29, 0.717) is 5.56 Å². The van der Waals surface area contributed by atoms with Gasteiger partial charge in [0.15, 0.2) is 0 Å². The Hall–Kier alpha value is -0.740. The predicted octanol–water partition coefficient (Wildman–Crippen LogP) is 2.59. The summed E-state index contributed by atoms with van der Waals surface area (Å²) in [5.74, 6) is 0. The summed E-state index contributed by atoms with van der Waals surface area (Å²) < 4.78 is 36.2. The molecule has 0 fully saturated rings. The van der Waals surface area contributed by atoms with Gasteiger partial charge in [0.05, 0.1) is 5.56 Å². The van der Waals surface area contributed by atoms with E-state index < -0.39 is 11.7 Å². The third-order valence-corrected chi connectivity index (χ3v) is 1.49. The van der Waals surface area contributed by atoms with E-state index in [1.165, 1.54) is 6.07 Å². The first kappa shape index (κ1) is 12.3. The molecule has 0 amide bonds. The molecule has 0 heterocycles. The van der Waals surface area contributed by atoms with Gasteiger partial charge in [-0.3, -0.25) is 0 Å². The van der Waals surface area contributed by atoms with E-state index in [4.69, 9.17) is 5.73 Å². The van der Waals surface area contributed by atoms with Crippen molar-refractivity contribution < 1.29 is 13.2 Å². The van der Waals surface area contributed by atoms with Crippen molar-refractivity contribution in [2.24, 2.45) is 5.73 Å². The zero-order chi connectivity index (χ0) is 9.19. The minimum atomic E-state index is -4.27. The maximum atomic E-state index is 12.1. The van der Waals surface area contributed by atoms with Gasteiger partial charge in [-0.1, -0.05) is 18.2 Å². The first-order valence-corrected chi connectivity index (χ1v) is 3.40. The number of rotatable bonds is 1. The Morgan fingerprint density at radius 1 is 1.23 bits per heavy atom. The van der Waals surface area contributed by atoms with Crippen LogP contribution >= 0.6 is 12.4 Å². The molecule has 2 N–H and O–H groups in total. The van der Waals surface area contributed by atoms with Gasteiger partial charge in [0.1, 0.15) is 0 Å². The fraction of sp³-hybridized carbons (Fsp3) is 0.250. The van der Waals surface area contributed by atoms with Gasteiger partial charge in [0.2, 0.25) is 0 Å². The van der Waals surface area contributed by atoms with Crippen LogP contribution in [0.3, 0.4) is 0 Å². The molecule has 0 aliphatic carbocycles. The zero-order valence-corrected chi connectivity index (χ0v) is 7.45. The Morgan fingerprint density at radius 3 is 2.31 bits per heavy atom. The van der Waals surface area contributed by atoms with Crippen molar-refractivity contribution in [3.05, 3.63) is 35.4 Å². The van der Waals surface area contributed by atoms with Crippen molar-refractivity contribution in [2.45, 2.75) is 12.7 Å². The van der Waals surface area contributed by atoms with E-state index in [9.17, 15) is 13.2 Å². The van der Waals surface area contributed by atoms with Crippen molar-refractivity contribution in [3.8, 4) is 0 Å². The molecule has 13 heavy (non-hydrogen) atoms. The van der Waals surface area contributed by atoms with Crippen LogP contribution in [0.5, 0.6) is 0 Å². The lowest BCUT2D eigenvalue weighted by Crippen LogP contribution is -2.06. The van der Waals surface area contributed by atoms with Gasteiger partial charge in [-0.25, -0.2) is 0 Å². The third-order valence-electron chi connectivity index (χ3n) is 1.49. The van der Waals surface area contributed by atoms with Crippen molar-refractivity contribution in [2.75, 3.05) is 0 Å². The maximum Gasteiger partial charge on any atom is 0.416 e. The van der Waals surface area contributed by atoms with Crippen LogP contribution in [0.1, 0.15) is 11.1 Å². The highest BCUT2D eigenvalue weighted by Gasteiger charge is 2.30. The van der Waals surface area contributed by atoms with Gasteiger partial charge in [-0.2, -0.15) is 13.2 Å². The minimum absolute atomic E-state index is 0. The molecular weight excluding hydrogens is 203 g/mol. The SMILES string of the molecule is Cl.NCc1cccc(C(F)(F)F)c1. The molecule has 0 saturated heterocycles. The molecule has 1 aromatic rings. The van der Waals surface area contributed by atoms with Crippen LogP contribution in [0.15, 0.2) is 24.3 Å². The summed E-state index contributed by atoms with van der Waals surface area (Å²) in [6.07, 6.45) is -4.27. The van der Waals surface area contributed by atoms with Crippen LogP contribution in [-0.4, -0.2) is 0 Å². The monoisotopic (exact) mass is 211 g/mol. The van der Waals surface area contributed by atoms with E-state index in [0.717, 1.165) is 12.1 Å². The molecule has 0 radical (unpaired) electrons. The number of nitrogens with two attached hydrogens (primary N) is 1. The van der Waals surface area contributed by atoms with Crippen molar-refractivity contribution >= 4 is 12.4 Å². The second-order valence-corrected chi connectivity index (χ2v) is 2.40. The fourth-order valence-electron chi connectivity index (χ4n) is 0.875. The van der Waals surface area contributed by atoms with E-state index in [1.54, 1.807) is 6.07 Å². The third kappa shape index (κ3) is 3.24. The molecule has 0 aromatic heterocycles. The predicted molar refractivity (Wildman–Crippen MR) is 46.6 cm³/mol. The molecule has 1 nitrogen and oxygen atoms in total. The summed E-state index contributed by atoms with van der Waals surface area (Å²) in [4.78, 5) is 0. The second kappa shape index (κ2) is 4.48. The first-order valence-electron chi connectivity index (χ1n) is 3.40. The molecule has 74 valence electrons. The fourth-order valence-corrected chi connectivity index (χ4v) is 0.875. The highest BCUT2D eigenvalue weighted by molar-refractivity contribution is 5.85. The van der Waals surface area contributed by atoms with Gasteiger partial charge in [-0.15, -0.1) is 12.4 Å². The Bertz CT molecular complexity index is 272. The van der Waals surface area contributed by atoms with Gasteiger partial charge in [-0.05, 0) is 11.6 Å². The van der Waals surface area contributed by atoms with Gasteiger partial charge < -0.3 is 5.73 Å². The molecule has 0 unspecified atom stereocenters. The topological polar surface area (TPSA) is 26.0 Å². The molecule has 0 aliphatic heterocycles. The Kier molecular flexibility index (Phi) is 4.23. The second-order valence-electron chi connectivity index (χ2n) is 2.40. The summed E-state index contributed by atoms with van der Waals surface area (Å²) in [5.41, 5.74) is 5.04. The van der Waals surface area contributed by atoms with Crippen molar-refractivity contribution in [1.82, 2.24) is 0 Å². The number of benzene rings is 1. The van der Waals surface area contributed by atoms with Gasteiger partial charge in [0.25, 0.3) is 0 Å². The highest BCUT2D eigenvalue weighted by atomic mass is 35.5. The molecule has 1 rings (SSSR count). The summed E-state index contributed by atoms with van der Waals surface area (Å²) in [5, 5.41) is 0. The van der Waals surface area contributed by atoms with E-state index in [-0.39, 0.29) is 19.0 Å². The summed E-state index contributed by atoms with van der Waals surface area (Å²) in [7, 11) is 0. The van der Waals surface area contributed by atoms with Crippen LogP contribution in [0.2, 0.25) is 0 Å². The first-order chi connectivity index (χ1) is 5.54. The Labute approximate surface area is 80.2 Å². The number of hydrogen-bond donors (Lipinski definition) is 1. The van der Waals surface area contributed by atoms with Crippen molar-refractivity contribution in [3.63, 3.8) is 0 Å². The molecule has 5 heteroatoms. The summed E-state index contributed by atoms with van der Waals surface area (Å²) >= 11 is 0. The number of alkyl halides is 3. The number of halogens is 4. The van der Waals surface area contributed by atoms with Crippen molar-refractivity contribution in [1.29, 1.82) is 0 Å². The lowest BCUT2D eigenvalue weighted by Gasteiger charge is -2.06. The van der Waals surface area contributed by atoms with Gasteiger partial charge >= 0.3 is 6.18 Å². The zero-order valence-electron chi connectivity index (χ0n) is 6.64. The van der Waals surface area contributed by atoms with Crippen LogP contribution in [-0.2, 0) is 12.7 Å². The van der Waals surface area contributed by atoms with Crippen LogP contribution in [0, 0.1) is 0 Å². The lowest BCUT2D eigenvalue weighted by atomic mass is 10.1. The molecule has 0 bridgehead atoms. The van der Waals surface area contributed by atoms with E-state index in [1.807, 2.05) is 0 Å². The molecule has 0 saturated carbocycles. The van der Waals surface area contributed by atoms with E-state index in [2.05, 4.69) is 0 Å². The minimum Gasteiger partial charge on any atom is -0.326 e. The Balaban J connectivity index is 0.00000144. The van der Waals surface area contributed by atoms with Crippen LogP contribution < -0.4 is 5.73 Å². The maximum absolute atomic E-state index is 12.1. The molecule has 0 aliphatic rings. The summed E-state index contributed by atoms with van der Waals surface area (Å²) in [6.45, 7) is 0.129. The van der Waals surface area contributed by atoms with Crippen LogP contribution in [0.25, 0.3) is 0 Å². The largest absolute Gasteiger partial charge is 0.416 e. The van der Waals surface area contributed by atoms with Gasteiger partial charge in [0, 0.05) is 6.54 Å². The molecular formula is C8H9ClF3N. The van der Waals surface area contributed by atoms with Crippen LogP contribution in [0.4, 0.5) is 13.2 Å². The lowest BCUT2D eigenvalue weighted by molar-refractivity contribution is -0.137. The average molecular weight is 212 g/mol. The molecule has 0 spiro atoms. The highest BCUT2D eigenvalue weighted by Crippen LogP contribution is 2.29. The quantitative estimate of drug-likeness (QED) is 0.759. The van der Waals surface area contributed by atoms with E-state index >= 15 is 0 Å². The average Bonchev–Trinajstić information content (AvgIpc) is 2.03. The number of hydrogen-bond acceptors (Lipinski definition) is 1. The summed E-state index contributed by atoms with van der Waals surface area (Å²) in [6, 6.07) is 5.00. The molecule has 0 atom stereocenters. The smallest absolute Gasteiger partial charge is 0.326 e. The Morgan fingerprint density at radius 2 is 1.85 bits per heavy atom. The molecule has 1 aromatic carbocycles. The standard InChI is InChI=1S/C8H8F3N.ClH/c9-8(10,11)7-3-1-2-6(4-7)5-12;/h1-4H,5,12H2;1H.